The van der Waals surface area contributed by atoms with Crippen LogP contribution >= 0.6 is 27.5 Å². The summed E-state index contributed by atoms with van der Waals surface area (Å²) >= 11 is 9.59. The number of hydrogen-bond acceptors (Lipinski definition) is 2. The highest BCUT2D eigenvalue weighted by Gasteiger charge is 2.38. The van der Waals surface area contributed by atoms with Gasteiger partial charge in [-0.05, 0) is 33.5 Å². The minimum atomic E-state index is 0.200. The molecule has 0 saturated carbocycles. The van der Waals surface area contributed by atoms with Crippen molar-refractivity contribution in [3.8, 4) is 0 Å². The Morgan fingerprint density at radius 3 is 2.80 bits per heavy atom. The molecule has 1 aromatic heterocycles. The van der Waals surface area contributed by atoms with Gasteiger partial charge < -0.3 is 4.42 Å². The lowest BCUT2D eigenvalue weighted by atomic mass is 9.92. The average molecular weight is 293 g/mol. The number of hydrogen-bond donors (Lipinski definition) is 0. The Hall–Kier alpha value is 0.01000. The molecule has 4 heteroatoms. The van der Waals surface area contributed by atoms with Crippen molar-refractivity contribution < 1.29 is 4.42 Å². The molecule has 0 aromatic carbocycles. The van der Waals surface area contributed by atoms with Gasteiger partial charge in [0.1, 0.15) is 5.76 Å². The van der Waals surface area contributed by atoms with E-state index in [9.17, 15) is 0 Å². The molecule has 0 radical (unpaired) electrons. The third-order valence-corrected chi connectivity index (χ3v) is 4.06. The molecular formula is C11H15BrClNO. The summed E-state index contributed by atoms with van der Waals surface area (Å²) in [5.74, 6) is 0.989. The summed E-state index contributed by atoms with van der Waals surface area (Å²) in [6.45, 7) is 7.23. The largest absolute Gasteiger partial charge is 0.453 e. The van der Waals surface area contributed by atoms with Gasteiger partial charge in [0, 0.05) is 13.1 Å². The zero-order valence-corrected chi connectivity index (χ0v) is 11.3. The maximum Gasteiger partial charge on any atom is 0.169 e. The zero-order chi connectivity index (χ0) is 11.1. The van der Waals surface area contributed by atoms with Crippen LogP contribution in [-0.4, -0.2) is 23.4 Å². The van der Waals surface area contributed by atoms with Crippen LogP contribution in [0.3, 0.4) is 0 Å². The molecule has 0 bridgehead atoms. The quantitative estimate of drug-likeness (QED) is 0.776. The molecule has 2 rings (SSSR count). The van der Waals surface area contributed by atoms with E-state index in [2.05, 4.69) is 34.7 Å². The fourth-order valence-corrected chi connectivity index (χ4v) is 2.60. The lowest BCUT2D eigenvalue weighted by molar-refractivity contribution is 0.261. The minimum Gasteiger partial charge on any atom is -0.453 e. The van der Waals surface area contributed by atoms with Crippen molar-refractivity contribution >= 4 is 27.5 Å². The van der Waals surface area contributed by atoms with Crippen LogP contribution in [0.25, 0.3) is 0 Å². The molecule has 1 aromatic rings. The summed E-state index contributed by atoms with van der Waals surface area (Å²) in [4.78, 5) is 2.34. The molecule has 1 saturated heterocycles. The Labute approximate surface area is 104 Å². The second-order valence-corrected chi connectivity index (χ2v) is 6.14. The van der Waals surface area contributed by atoms with Gasteiger partial charge in [0.15, 0.2) is 4.67 Å². The monoisotopic (exact) mass is 291 g/mol. The Morgan fingerprint density at radius 1 is 1.60 bits per heavy atom. The lowest BCUT2D eigenvalue weighted by Gasteiger charge is -2.20. The highest BCUT2D eigenvalue weighted by Crippen LogP contribution is 2.34. The molecule has 1 aliphatic rings. The minimum absolute atomic E-state index is 0.200. The van der Waals surface area contributed by atoms with Gasteiger partial charge in [-0.25, -0.2) is 0 Å². The Kier molecular flexibility index (Phi) is 3.15. The van der Waals surface area contributed by atoms with Crippen molar-refractivity contribution in [1.82, 2.24) is 4.90 Å². The summed E-state index contributed by atoms with van der Waals surface area (Å²) in [6, 6.07) is 3.92. The van der Waals surface area contributed by atoms with E-state index in [1.165, 1.54) is 0 Å². The Bertz CT molecular complexity index is 350. The first-order valence-electron chi connectivity index (χ1n) is 5.08. The number of likely N-dealkylation sites (tertiary alicyclic amines) is 1. The number of nitrogens with zero attached hydrogens (tertiary/aromatic N) is 1. The van der Waals surface area contributed by atoms with Crippen LogP contribution in [-0.2, 0) is 6.54 Å². The van der Waals surface area contributed by atoms with Gasteiger partial charge in [-0.3, -0.25) is 4.90 Å². The first-order chi connectivity index (χ1) is 6.97. The second kappa shape index (κ2) is 4.11. The van der Waals surface area contributed by atoms with Crippen LogP contribution in [0.1, 0.15) is 19.6 Å². The van der Waals surface area contributed by atoms with Gasteiger partial charge in [0.2, 0.25) is 0 Å². The molecule has 0 amide bonds. The first kappa shape index (κ1) is 11.5. The molecule has 2 nitrogen and oxygen atoms in total. The predicted octanol–water partition coefficient (Wildman–Crippen LogP) is 3.49. The predicted molar refractivity (Wildman–Crippen MR) is 65.1 cm³/mol. The van der Waals surface area contributed by atoms with Crippen molar-refractivity contribution in [2.45, 2.75) is 25.8 Å². The summed E-state index contributed by atoms with van der Waals surface area (Å²) in [7, 11) is 0. The molecule has 15 heavy (non-hydrogen) atoms. The number of halogens is 2. The molecule has 0 spiro atoms. The van der Waals surface area contributed by atoms with Crippen molar-refractivity contribution in [3.63, 3.8) is 0 Å². The van der Waals surface area contributed by atoms with Crippen molar-refractivity contribution in [3.05, 3.63) is 22.6 Å². The topological polar surface area (TPSA) is 16.4 Å². The van der Waals surface area contributed by atoms with Gasteiger partial charge in [-0.1, -0.05) is 13.8 Å². The molecule has 1 fully saturated rings. The summed E-state index contributed by atoms with van der Waals surface area (Å²) in [6.07, 6.45) is 0. The molecule has 1 atom stereocenters. The molecule has 2 heterocycles. The molecule has 84 valence electrons. The maximum atomic E-state index is 6.29. The van der Waals surface area contributed by atoms with Crippen molar-refractivity contribution in [2.24, 2.45) is 5.41 Å². The van der Waals surface area contributed by atoms with Crippen molar-refractivity contribution in [2.75, 3.05) is 13.1 Å². The standard InChI is InChI=1S/C11H15BrClNO/c1-11(2)7-14(6-9(11)13)5-8-3-4-10(12)15-8/h3-4,9H,5-7H2,1-2H3. The van der Waals surface area contributed by atoms with Crippen LogP contribution in [0.15, 0.2) is 21.2 Å². The van der Waals surface area contributed by atoms with E-state index in [1.54, 1.807) is 0 Å². The van der Waals surface area contributed by atoms with Crippen molar-refractivity contribution in [1.29, 1.82) is 0 Å². The van der Waals surface area contributed by atoms with E-state index in [1.807, 2.05) is 12.1 Å². The van der Waals surface area contributed by atoms with Crippen LogP contribution < -0.4 is 0 Å². The van der Waals surface area contributed by atoms with Gasteiger partial charge >= 0.3 is 0 Å². The first-order valence-corrected chi connectivity index (χ1v) is 6.31. The van der Waals surface area contributed by atoms with Gasteiger partial charge in [-0.15, -0.1) is 11.6 Å². The molecular weight excluding hydrogens is 277 g/mol. The summed E-state index contributed by atoms with van der Waals surface area (Å²) in [5, 5.41) is 0.232. The highest BCUT2D eigenvalue weighted by molar-refractivity contribution is 9.10. The molecule has 0 aliphatic carbocycles. The smallest absolute Gasteiger partial charge is 0.169 e. The molecule has 0 N–H and O–H groups in total. The van der Waals surface area contributed by atoms with E-state index in [0.717, 1.165) is 30.1 Å². The fraction of sp³-hybridized carbons (Fsp3) is 0.636. The van der Waals surface area contributed by atoms with Crippen LogP contribution in [0, 0.1) is 5.41 Å². The van der Waals surface area contributed by atoms with Crippen LogP contribution in [0.4, 0.5) is 0 Å². The van der Waals surface area contributed by atoms with Crippen LogP contribution in [0.5, 0.6) is 0 Å². The van der Waals surface area contributed by atoms with E-state index >= 15 is 0 Å². The Morgan fingerprint density at radius 2 is 2.33 bits per heavy atom. The second-order valence-electron chi connectivity index (χ2n) is 4.83. The lowest BCUT2D eigenvalue weighted by Crippen LogP contribution is -2.23. The SMILES string of the molecule is CC1(C)CN(Cc2ccc(Br)o2)CC1Cl. The highest BCUT2D eigenvalue weighted by atomic mass is 79.9. The van der Waals surface area contributed by atoms with E-state index in [4.69, 9.17) is 16.0 Å². The molecule has 1 aliphatic heterocycles. The Balaban J connectivity index is 1.98. The zero-order valence-electron chi connectivity index (χ0n) is 8.96. The van der Waals surface area contributed by atoms with Gasteiger partial charge in [0.25, 0.3) is 0 Å². The third-order valence-electron chi connectivity index (χ3n) is 2.91. The number of alkyl halides is 1. The van der Waals surface area contributed by atoms with Crippen LogP contribution in [0.2, 0.25) is 0 Å². The number of furan rings is 1. The van der Waals surface area contributed by atoms with Gasteiger partial charge in [-0.2, -0.15) is 0 Å². The van der Waals surface area contributed by atoms with E-state index < -0.39 is 0 Å². The van der Waals surface area contributed by atoms with E-state index in [-0.39, 0.29) is 10.8 Å². The maximum absolute atomic E-state index is 6.29. The van der Waals surface area contributed by atoms with Gasteiger partial charge in [0.05, 0.1) is 11.9 Å². The van der Waals surface area contributed by atoms with E-state index in [0.29, 0.717) is 0 Å². The summed E-state index contributed by atoms with van der Waals surface area (Å²) < 4.78 is 6.27. The summed E-state index contributed by atoms with van der Waals surface area (Å²) in [5.41, 5.74) is 0.200. The number of rotatable bonds is 2. The normalized spacial score (nSPS) is 26.0. The molecule has 1 unspecified atom stereocenters. The average Bonchev–Trinajstić information content (AvgIpc) is 2.59. The fourth-order valence-electron chi connectivity index (χ4n) is 1.99. The third kappa shape index (κ3) is 2.58.